The first kappa shape index (κ1) is 14.7. The third-order valence-corrected chi connectivity index (χ3v) is 2.61. The van der Waals surface area contributed by atoms with Crippen LogP contribution in [0.2, 0.25) is 0 Å². The van der Waals surface area contributed by atoms with E-state index >= 15 is 0 Å². The van der Waals surface area contributed by atoms with Crippen molar-refractivity contribution in [3.05, 3.63) is 42.0 Å². The molecule has 0 aliphatic carbocycles. The molecule has 0 spiro atoms. The number of nitrogens with one attached hydrogen (secondary N) is 1. The lowest BCUT2D eigenvalue weighted by atomic mass is 10.2. The smallest absolute Gasteiger partial charge is 0.123 e. The summed E-state index contributed by atoms with van der Waals surface area (Å²) in [7, 11) is 4.02. The Labute approximate surface area is 110 Å². The zero-order chi connectivity index (χ0) is 13.4. The Morgan fingerprint density at radius 3 is 2.78 bits per heavy atom. The number of para-hydroxylation sites is 1. The Kier molecular flexibility index (Phi) is 6.47. The first-order valence-electron chi connectivity index (χ1n) is 6.31. The molecule has 0 saturated carbocycles. The number of ether oxygens (including phenoxy) is 1. The maximum absolute atomic E-state index is 5.83. The van der Waals surface area contributed by atoms with Gasteiger partial charge in [-0.3, -0.25) is 4.90 Å². The van der Waals surface area contributed by atoms with Crippen molar-refractivity contribution in [3.63, 3.8) is 0 Å². The second-order valence-electron chi connectivity index (χ2n) is 4.68. The van der Waals surface area contributed by atoms with Gasteiger partial charge in [0, 0.05) is 25.2 Å². The minimum absolute atomic E-state index is 0.699. The standard InChI is InChI=1S/C15H24N2O/c1-13(2)12-17(4)9-10-18-15-8-6-5-7-14(15)11-16-3/h5-8,16H,1,9-12H2,2-4H3. The summed E-state index contributed by atoms with van der Waals surface area (Å²) >= 11 is 0. The monoisotopic (exact) mass is 248 g/mol. The Bertz CT molecular complexity index is 377. The second-order valence-corrected chi connectivity index (χ2v) is 4.68. The summed E-state index contributed by atoms with van der Waals surface area (Å²) < 4.78 is 5.83. The van der Waals surface area contributed by atoms with E-state index in [1.165, 1.54) is 11.1 Å². The van der Waals surface area contributed by atoms with Gasteiger partial charge in [-0.25, -0.2) is 0 Å². The van der Waals surface area contributed by atoms with Gasteiger partial charge in [0.2, 0.25) is 0 Å². The maximum Gasteiger partial charge on any atom is 0.123 e. The van der Waals surface area contributed by atoms with Crippen molar-refractivity contribution in [1.82, 2.24) is 10.2 Å². The molecule has 0 heterocycles. The molecule has 0 atom stereocenters. The molecule has 0 radical (unpaired) electrons. The zero-order valence-electron chi connectivity index (χ0n) is 11.7. The molecule has 0 amide bonds. The van der Waals surface area contributed by atoms with E-state index in [0.29, 0.717) is 6.61 Å². The number of benzene rings is 1. The number of likely N-dealkylation sites (N-methyl/N-ethyl adjacent to an activating group) is 1. The summed E-state index contributed by atoms with van der Waals surface area (Å²) in [4.78, 5) is 2.21. The Balaban J connectivity index is 2.41. The highest BCUT2D eigenvalue weighted by atomic mass is 16.5. The van der Waals surface area contributed by atoms with Gasteiger partial charge >= 0.3 is 0 Å². The molecule has 1 rings (SSSR count). The van der Waals surface area contributed by atoms with E-state index in [-0.39, 0.29) is 0 Å². The lowest BCUT2D eigenvalue weighted by molar-refractivity contribution is 0.245. The average Bonchev–Trinajstić information content (AvgIpc) is 2.30. The van der Waals surface area contributed by atoms with Crippen LogP contribution >= 0.6 is 0 Å². The van der Waals surface area contributed by atoms with E-state index in [1.807, 2.05) is 32.2 Å². The first-order chi connectivity index (χ1) is 8.63. The number of hydrogen-bond donors (Lipinski definition) is 1. The summed E-state index contributed by atoms with van der Waals surface area (Å²) in [6, 6.07) is 8.15. The van der Waals surface area contributed by atoms with Gasteiger partial charge in [-0.1, -0.05) is 30.4 Å². The summed E-state index contributed by atoms with van der Waals surface area (Å²) in [5, 5.41) is 3.15. The van der Waals surface area contributed by atoms with Crippen LogP contribution in [0.1, 0.15) is 12.5 Å². The lowest BCUT2D eigenvalue weighted by Gasteiger charge is -2.17. The molecular formula is C15H24N2O. The SMILES string of the molecule is C=C(C)CN(C)CCOc1ccccc1CNC. The molecule has 1 aromatic carbocycles. The van der Waals surface area contributed by atoms with Crippen LogP contribution in [0.15, 0.2) is 36.4 Å². The minimum atomic E-state index is 0.699. The van der Waals surface area contributed by atoms with Crippen LogP contribution in [0, 0.1) is 0 Å². The van der Waals surface area contributed by atoms with Crippen molar-refractivity contribution in [2.45, 2.75) is 13.5 Å². The van der Waals surface area contributed by atoms with E-state index in [9.17, 15) is 0 Å². The van der Waals surface area contributed by atoms with Crippen LogP contribution in [0.3, 0.4) is 0 Å². The van der Waals surface area contributed by atoms with E-state index < -0.39 is 0 Å². The Morgan fingerprint density at radius 1 is 1.39 bits per heavy atom. The topological polar surface area (TPSA) is 24.5 Å². The largest absolute Gasteiger partial charge is 0.492 e. The molecule has 3 heteroatoms. The minimum Gasteiger partial charge on any atom is -0.492 e. The summed E-state index contributed by atoms with van der Waals surface area (Å²) in [6.07, 6.45) is 0. The van der Waals surface area contributed by atoms with Crippen molar-refractivity contribution in [3.8, 4) is 5.75 Å². The van der Waals surface area contributed by atoms with Crippen molar-refractivity contribution >= 4 is 0 Å². The van der Waals surface area contributed by atoms with Gasteiger partial charge in [0.05, 0.1) is 0 Å². The molecule has 0 aliphatic rings. The van der Waals surface area contributed by atoms with Gasteiger partial charge < -0.3 is 10.1 Å². The molecule has 100 valence electrons. The fourth-order valence-corrected chi connectivity index (χ4v) is 1.83. The van der Waals surface area contributed by atoms with Gasteiger partial charge in [-0.2, -0.15) is 0 Å². The molecule has 0 fully saturated rings. The van der Waals surface area contributed by atoms with Crippen LogP contribution in [0.5, 0.6) is 5.75 Å². The van der Waals surface area contributed by atoms with E-state index in [4.69, 9.17) is 4.74 Å². The highest BCUT2D eigenvalue weighted by molar-refractivity contribution is 5.33. The number of hydrogen-bond acceptors (Lipinski definition) is 3. The molecule has 0 unspecified atom stereocenters. The first-order valence-corrected chi connectivity index (χ1v) is 6.31. The number of nitrogens with zero attached hydrogens (tertiary/aromatic N) is 1. The quantitative estimate of drug-likeness (QED) is 0.714. The predicted octanol–water partition coefficient (Wildman–Crippen LogP) is 2.29. The molecule has 3 nitrogen and oxygen atoms in total. The molecule has 0 saturated heterocycles. The van der Waals surface area contributed by atoms with Crippen molar-refractivity contribution < 1.29 is 4.74 Å². The van der Waals surface area contributed by atoms with Gasteiger partial charge in [-0.15, -0.1) is 0 Å². The Hall–Kier alpha value is -1.32. The van der Waals surface area contributed by atoms with Crippen LogP contribution < -0.4 is 10.1 Å². The summed E-state index contributed by atoms with van der Waals surface area (Å²) in [5.74, 6) is 0.968. The highest BCUT2D eigenvalue weighted by Gasteiger charge is 2.03. The van der Waals surface area contributed by atoms with Crippen molar-refractivity contribution in [2.75, 3.05) is 33.8 Å². The maximum atomic E-state index is 5.83. The van der Waals surface area contributed by atoms with Gasteiger partial charge in [0.25, 0.3) is 0 Å². The lowest BCUT2D eigenvalue weighted by Crippen LogP contribution is -2.26. The van der Waals surface area contributed by atoms with Gasteiger partial charge in [0.1, 0.15) is 12.4 Å². The molecule has 1 N–H and O–H groups in total. The van der Waals surface area contributed by atoms with Gasteiger partial charge in [-0.05, 0) is 27.1 Å². The summed E-state index contributed by atoms with van der Waals surface area (Å²) in [6.45, 7) is 9.30. The van der Waals surface area contributed by atoms with Crippen LogP contribution in [-0.2, 0) is 6.54 Å². The molecule has 1 aromatic rings. The molecular weight excluding hydrogens is 224 g/mol. The van der Waals surface area contributed by atoms with Crippen LogP contribution in [0.25, 0.3) is 0 Å². The van der Waals surface area contributed by atoms with E-state index in [0.717, 1.165) is 25.4 Å². The number of rotatable bonds is 8. The highest BCUT2D eigenvalue weighted by Crippen LogP contribution is 2.17. The third-order valence-electron chi connectivity index (χ3n) is 2.61. The molecule has 0 aliphatic heterocycles. The molecule has 0 bridgehead atoms. The predicted molar refractivity (Wildman–Crippen MR) is 77.0 cm³/mol. The van der Waals surface area contributed by atoms with Crippen LogP contribution in [-0.4, -0.2) is 38.7 Å². The van der Waals surface area contributed by atoms with E-state index in [2.05, 4.69) is 29.9 Å². The second kappa shape index (κ2) is 7.90. The van der Waals surface area contributed by atoms with Crippen molar-refractivity contribution in [1.29, 1.82) is 0 Å². The average molecular weight is 248 g/mol. The molecule has 18 heavy (non-hydrogen) atoms. The summed E-state index contributed by atoms with van der Waals surface area (Å²) in [5.41, 5.74) is 2.37. The van der Waals surface area contributed by atoms with Crippen molar-refractivity contribution in [2.24, 2.45) is 0 Å². The van der Waals surface area contributed by atoms with Crippen LogP contribution in [0.4, 0.5) is 0 Å². The normalized spacial score (nSPS) is 10.7. The fourth-order valence-electron chi connectivity index (χ4n) is 1.83. The van der Waals surface area contributed by atoms with E-state index in [1.54, 1.807) is 0 Å². The fraction of sp³-hybridized carbons (Fsp3) is 0.467. The third kappa shape index (κ3) is 5.34. The zero-order valence-corrected chi connectivity index (χ0v) is 11.7. The molecule has 0 aromatic heterocycles. The van der Waals surface area contributed by atoms with Gasteiger partial charge in [0.15, 0.2) is 0 Å². The Morgan fingerprint density at radius 2 is 2.11 bits per heavy atom.